The first-order valence-electron chi connectivity index (χ1n) is 6.59. The monoisotopic (exact) mass is 325 g/mol. The van der Waals surface area contributed by atoms with Crippen LogP contribution in [0.5, 0.6) is 0 Å². The van der Waals surface area contributed by atoms with Crippen molar-refractivity contribution in [3.05, 3.63) is 23.2 Å². The average Bonchev–Trinajstić information content (AvgIpc) is 2.86. The molecule has 0 unspecified atom stereocenters. The highest BCUT2D eigenvalue weighted by molar-refractivity contribution is 7.15. The Kier molecular flexibility index (Phi) is 7.03. The highest BCUT2D eigenvalue weighted by Gasteiger charge is 2.29. The van der Waals surface area contributed by atoms with E-state index in [1.54, 1.807) is 6.08 Å². The maximum Gasteiger partial charge on any atom is 0.290 e. The Morgan fingerprint density at radius 3 is 2.86 bits per heavy atom. The zero-order valence-corrected chi connectivity index (χ0v) is 12.8. The van der Waals surface area contributed by atoms with Gasteiger partial charge in [0.15, 0.2) is 5.96 Å². The van der Waals surface area contributed by atoms with Crippen molar-refractivity contribution in [2.45, 2.75) is 25.2 Å². The van der Waals surface area contributed by atoms with E-state index in [0.29, 0.717) is 11.7 Å². The van der Waals surface area contributed by atoms with Gasteiger partial charge in [0.05, 0.1) is 11.6 Å². The second-order valence-electron chi connectivity index (χ2n) is 4.43. The van der Waals surface area contributed by atoms with Crippen LogP contribution in [-0.2, 0) is 16.0 Å². The van der Waals surface area contributed by atoms with Crippen molar-refractivity contribution in [2.75, 3.05) is 6.54 Å². The van der Waals surface area contributed by atoms with E-state index < -0.39 is 0 Å². The molecule has 9 heteroatoms. The molecule has 1 atom stereocenters. The summed E-state index contributed by atoms with van der Waals surface area (Å²) >= 11 is 1.45. The lowest BCUT2D eigenvalue weighted by atomic mass is 9.90. The standard InChI is InChI=1S/C12H17N5OS.CH2O2/c1-2-6-15-10(18)7-4-3-5-8-9(7)16-12(19-8)17-11(13)14;2-1-3/h2,7H,1,3-6H2,(H,15,18)(H4,13,14,16,17);1H,(H,2,3)/t7-;/m0./s1. The van der Waals surface area contributed by atoms with E-state index in [1.807, 2.05) is 0 Å². The van der Waals surface area contributed by atoms with Crippen LogP contribution >= 0.6 is 11.3 Å². The van der Waals surface area contributed by atoms with Gasteiger partial charge in [0.2, 0.25) is 11.0 Å². The molecule has 2 rings (SSSR count). The summed E-state index contributed by atoms with van der Waals surface area (Å²) in [5.74, 6) is -0.232. The Morgan fingerprint density at radius 2 is 2.27 bits per heavy atom. The third kappa shape index (κ3) is 4.85. The van der Waals surface area contributed by atoms with Crippen LogP contribution in [0.15, 0.2) is 17.6 Å². The largest absolute Gasteiger partial charge is 0.483 e. The number of hydrogen-bond acceptors (Lipinski definition) is 5. The van der Waals surface area contributed by atoms with Crippen LogP contribution in [0, 0.1) is 0 Å². The van der Waals surface area contributed by atoms with E-state index in [-0.39, 0.29) is 24.3 Å². The van der Waals surface area contributed by atoms with Crippen LogP contribution in [0.1, 0.15) is 29.3 Å². The van der Waals surface area contributed by atoms with Crippen LogP contribution in [-0.4, -0.2) is 35.0 Å². The van der Waals surface area contributed by atoms with Gasteiger partial charge in [0, 0.05) is 11.4 Å². The zero-order chi connectivity index (χ0) is 16.5. The number of nitrogens with zero attached hydrogens (tertiary/aromatic N) is 2. The number of aliphatic imine (C=N–C) groups is 1. The molecule has 0 fully saturated rings. The van der Waals surface area contributed by atoms with Crippen LogP contribution < -0.4 is 16.8 Å². The van der Waals surface area contributed by atoms with Gasteiger partial charge < -0.3 is 21.9 Å². The first kappa shape index (κ1) is 17.6. The first-order chi connectivity index (χ1) is 10.5. The summed E-state index contributed by atoms with van der Waals surface area (Å²) in [6.45, 7) is 3.80. The van der Waals surface area contributed by atoms with Gasteiger partial charge in [-0.1, -0.05) is 17.4 Å². The van der Waals surface area contributed by atoms with Crippen LogP contribution in [0.4, 0.5) is 5.13 Å². The summed E-state index contributed by atoms with van der Waals surface area (Å²) in [4.78, 5) is 29.9. The summed E-state index contributed by atoms with van der Waals surface area (Å²) in [5, 5.41) is 10.2. The lowest BCUT2D eigenvalue weighted by Gasteiger charge is -2.19. The number of hydrogen-bond donors (Lipinski definition) is 4. The zero-order valence-electron chi connectivity index (χ0n) is 12.0. The Bertz CT molecular complexity index is 566. The summed E-state index contributed by atoms with van der Waals surface area (Å²) in [7, 11) is 0. The molecular weight excluding hydrogens is 306 g/mol. The molecule has 1 aliphatic rings. The fourth-order valence-electron chi connectivity index (χ4n) is 2.11. The lowest BCUT2D eigenvalue weighted by Crippen LogP contribution is -2.31. The number of carboxylic acid groups (broad SMARTS) is 1. The number of aryl methyl sites for hydroxylation is 1. The molecule has 1 aliphatic carbocycles. The molecule has 1 amide bonds. The summed E-state index contributed by atoms with van der Waals surface area (Å²) < 4.78 is 0. The Hall–Kier alpha value is -2.42. The maximum absolute atomic E-state index is 12.1. The van der Waals surface area contributed by atoms with Gasteiger partial charge in [0.25, 0.3) is 6.47 Å². The van der Waals surface area contributed by atoms with Crippen molar-refractivity contribution in [3.8, 4) is 0 Å². The van der Waals surface area contributed by atoms with Crippen molar-refractivity contribution >= 4 is 34.8 Å². The van der Waals surface area contributed by atoms with Gasteiger partial charge in [-0.05, 0) is 19.3 Å². The molecule has 0 spiro atoms. The SMILES string of the molecule is C=CCNC(=O)[C@H]1CCCc2sc(N=C(N)N)nc21.O=CO. The minimum absolute atomic E-state index is 0.0117. The van der Waals surface area contributed by atoms with E-state index in [0.717, 1.165) is 29.8 Å². The third-order valence-corrected chi connectivity index (χ3v) is 3.93. The van der Waals surface area contributed by atoms with Gasteiger partial charge >= 0.3 is 0 Å². The Labute approximate surface area is 131 Å². The van der Waals surface area contributed by atoms with Gasteiger partial charge in [-0.25, -0.2) is 4.98 Å². The molecule has 0 radical (unpaired) electrons. The van der Waals surface area contributed by atoms with E-state index in [4.69, 9.17) is 21.4 Å². The quantitative estimate of drug-likeness (QED) is 0.274. The lowest BCUT2D eigenvalue weighted by molar-refractivity contribution is -0.123. The molecule has 0 saturated heterocycles. The minimum Gasteiger partial charge on any atom is -0.483 e. The Morgan fingerprint density at radius 1 is 1.59 bits per heavy atom. The van der Waals surface area contributed by atoms with Crippen molar-refractivity contribution in [3.63, 3.8) is 0 Å². The third-order valence-electron chi connectivity index (χ3n) is 2.90. The van der Waals surface area contributed by atoms with Gasteiger partial charge in [-0.15, -0.1) is 6.58 Å². The number of rotatable bonds is 4. The second kappa shape index (κ2) is 8.78. The molecule has 1 aromatic heterocycles. The van der Waals surface area contributed by atoms with Crippen LogP contribution in [0.2, 0.25) is 0 Å². The number of guanidine groups is 1. The molecule has 120 valence electrons. The predicted molar refractivity (Wildman–Crippen MR) is 85.2 cm³/mol. The molecule has 22 heavy (non-hydrogen) atoms. The topological polar surface area (TPSA) is 144 Å². The van der Waals surface area contributed by atoms with Crippen molar-refractivity contribution in [1.29, 1.82) is 0 Å². The number of carbonyl (C=O) groups is 2. The number of carbonyl (C=O) groups excluding carboxylic acids is 1. The van der Waals surface area contributed by atoms with Crippen molar-refractivity contribution < 1.29 is 14.7 Å². The molecule has 6 N–H and O–H groups in total. The van der Waals surface area contributed by atoms with Crippen LogP contribution in [0.25, 0.3) is 0 Å². The number of aromatic nitrogens is 1. The van der Waals surface area contributed by atoms with E-state index in [2.05, 4.69) is 21.9 Å². The summed E-state index contributed by atoms with van der Waals surface area (Å²) in [5.41, 5.74) is 11.5. The van der Waals surface area contributed by atoms with Crippen molar-refractivity contribution in [1.82, 2.24) is 10.3 Å². The van der Waals surface area contributed by atoms with E-state index in [9.17, 15) is 4.79 Å². The fourth-order valence-corrected chi connectivity index (χ4v) is 3.17. The number of nitrogens with one attached hydrogen (secondary N) is 1. The van der Waals surface area contributed by atoms with E-state index >= 15 is 0 Å². The highest BCUT2D eigenvalue weighted by Crippen LogP contribution is 2.37. The molecule has 0 aromatic carbocycles. The Balaban J connectivity index is 0.000000745. The first-order valence-corrected chi connectivity index (χ1v) is 7.40. The molecule has 1 aromatic rings. The smallest absolute Gasteiger partial charge is 0.290 e. The summed E-state index contributed by atoms with van der Waals surface area (Å²) in [6, 6.07) is 0. The minimum atomic E-state index is -0.250. The number of fused-ring (bicyclic) bond motifs is 1. The molecule has 0 aliphatic heterocycles. The molecule has 8 nitrogen and oxygen atoms in total. The predicted octanol–water partition coefficient (Wildman–Crippen LogP) is 0.471. The normalized spacial score (nSPS) is 15.5. The van der Waals surface area contributed by atoms with Gasteiger partial charge in [0.1, 0.15) is 0 Å². The molecule has 1 heterocycles. The van der Waals surface area contributed by atoms with Crippen molar-refractivity contribution in [2.24, 2.45) is 16.5 Å². The number of nitrogens with two attached hydrogens (primary N) is 2. The average molecular weight is 325 g/mol. The number of amides is 1. The van der Waals surface area contributed by atoms with Crippen LogP contribution in [0.3, 0.4) is 0 Å². The fraction of sp³-hybridized carbons (Fsp3) is 0.385. The van der Waals surface area contributed by atoms with Gasteiger partial charge in [-0.3, -0.25) is 9.59 Å². The molecule has 0 saturated carbocycles. The van der Waals surface area contributed by atoms with E-state index in [1.165, 1.54) is 11.3 Å². The second-order valence-corrected chi connectivity index (χ2v) is 5.49. The molecular formula is C13H19N5O3S. The van der Waals surface area contributed by atoms with Gasteiger partial charge in [-0.2, -0.15) is 4.99 Å². The number of thiazole rings is 1. The highest BCUT2D eigenvalue weighted by atomic mass is 32.1. The maximum atomic E-state index is 12.1. The molecule has 0 bridgehead atoms. The summed E-state index contributed by atoms with van der Waals surface area (Å²) in [6.07, 6.45) is 4.37.